The van der Waals surface area contributed by atoms with E-state index in [-0.39, 0.29) is 0 Å². The Hall–Kier alpha value is -1.79. The van der Waals surface area contributed by atoms with Gasteiger partial charge in [-0.05, 0) is 25.0 Å². The molecule has 22 heavy (non-hydrogen) atoms. The van der Waals surface area contributed by atoms with Gasteiger partial charge in [0.1, 0.15) is 17.8 Å². The fraction of sp³-hybridized carbons (Fsp3) is 0.267. The van der Waals surface area contributed by atoms with Gasteiger partial charge >= 0.3 is 0 Å². The number of nitrogens with zero attached hydrogens (tertiary/aromatic N) is 4. The second-order valence-corrected chi connectivity index (χ2v) is 6.60. The lowest BCUT2D eigenvalue weighted by molar-refractivity contribution is 0.397. The lowest BCUT2D eigenvalue weighted by atomic mass is 10.1. The van der Waals surface area contributed by atoms with Gasteiger partial charge in [-0.1, -0.05) is 40.7 Å². The molecule has 0 unspecified atom stereocenters. The van der Waals surface area contributed by atoms with E-state index in [1.54, 1.807) is 18.1 Å². The van der Waals surface area contributed by atoms with E-state index < -0.39 is 0 Å². The Morgan fingerprint density at radius 1 is 1.27 bits per heavy atom. The maximum atomic E-state index is 5.89. The van der Waals surface area contributed by atoms with E-state index in [1.807, 2.05) is 30.3 Å². The summed E-state index contributed by atoms with van der Waals surface area (Å²) in [5, 5.41) is 13.9. The molecule has 1 aliphatic rings. The predicted molar refractivity (Wildman–Crippen MR) is 84.8 cm³/mol. The van der Waals surface area contributed by atoms with E-state index >= 15 is 0 Å². The average Bonchev–Trinajstić information content (AvgIpc) is 3.09. The number of thioether (sulfide) groups is 1. The van der Waals surface area contributed by atoms with Crippen molar-refractivity contribution in [1.29, 1.82) is 0 Å². The van der Waals surface area contributed by atoms with Crippen LogP contribution >= 0.6 is 23.4 Å². The SMILES string of the molecule is Clc1ccc(-c2cc(CSc3nncn3C3CC3)on2)cc1. The van der Waals surface area contributed by atoms with Crippen molar-refractivity contribution in [2.75, 3.05) is 0 Å². The Morgan fingerprint density at radius 2 is 2.09 bits per heavy atom. The minimum absolute atomic E-state index is 0.580. The van der Waals surface area contributed by atoms with Crippen LogP contribution in [0.2, 0.25) is 5.02 Å². The third-order valence-corrected chi connectivity index (χ3v) is 4.75. The van der Waals surface area contributed by atoms with E-state index in [0.717, 1.165) is 22.2 Å². The molecule has 2 heterocycles. The number of benzene rings is 1. The van der Waals surface area contributed by atoms with Gasteiger partial charge in [0.25, 0.3) is 0 Å². The minimum Gasteiger partial charge on any atom is -0.360 e. The van der Waals surface area contributed by atoms with Crippen molar-refractivity contribution < 1.29 is 4.52 Å². The second kappa shape index (κ2) is 5.78. The standard InChI is InChI=1S/C15H13ClN4OS/c16-11-3-1-10(2-4-11)14-7-13(21-19-14)8-22-15-18-17-9-20(15)12-5-6-12/h1-4,7,9,12H,5-6,8H2. The molecule has 0 radical (unpaired) electrons. The smallest absolute Gasteiger partial charge is 0.191 e. The highest BCUT2D eigenvalue weighted by molar-refractivity contribution is 7.98. The van der Waals surface area contributed by atoms with Crippen LogP contribution in [0.3, 0.4) is 0 Å². The van der Waals surface area contributed by atoms with Gasteiger partial charge in [0.05, 0.1) is 5.75 Å². The van der Waals surface area contributed by atoms with Gasteiger partial charge in [0.2, 0.25) is 0 Å². The molecule has 1 aromatic carbocycles. The zero-order chi connectivity index (χ0) is 14.9. The van der Waals surface area contributed by atoms with E-state index in [0.29, 0.717) is 16.8 Å². The van der Waals surface area contributed by atoms with Crippen molar-refractivity contribution in [1.82, 2.24) is 19.9 Å². The van der Waals surface area contributed by atoms with Crippen LogP contribution < -0.4 is 0 Å². The molecule has 3 aromatic rings. The molecular weight excluding hydrogens is 320 g/mol. The second-order valence-electron chi connectivity index (χ2n) is 5.23. The van der Waals surface area contributed by atoms with Crippen molar-refractivity contribution in [2.24, 2.45) is 0 Å². The molecule has 4 rings (SSSR count). The highest BCUT2D eigenvalue weighted by Gasteiger charge is 2.26. The average molecular weight is 333 g/mol. The fourth-order valence-corrected chi connectivity index (χ4v) is 3.20. The van der Waals surface area contributed by atoms with Crippen LogP contribution in [-0.4, -0.2) is 19.9 Å². The van der Waals surface area contributed by atoms with E-state index in [9.17, 15) is 0 Å². The monoisotopic (exact) mass is 332 g/mol. The molecule has 0 aliphatic heterocycles. The molecule has 0 N–H and O–H groups in total. The van der Waals surface area contributed by atoms with Gasteiger partial charge in [-0.25, -0.2) is 0 Å². The zero-order valence-electron chi connectivity index (χ0n) is 11.6. The number of rotatable bonds is 5. The van der Waals surface area contributed by atoms with Gasteiger partial charge in [0.15, 0.2) is 5.16 Å². The summed E-state index contributed by atoms with van der Waals surface area (Å²) in [6.07, 6.45) is 4.24. The Morgan fingerprint density at radius 3 is 2.86 bits per heavy atom. The zero-order valence-corrected chi connectivity index (χ0v) is 13.2. The Labute approximate surface area is 136 Å². The topological polar surface area (TPSA) is 56.7 Å². The molecule has 5 nitrogen and oxygen atoms in total. The van der Waals surface area contributed by atoms with E-state index in [2.05, 4.69) is 19.9 Å². The predicted octanol–water partition coefficient (Wildman–Crippen LogP) is 4.21. The van der Waals surface area contributed by atoms with Crippen LogP contribution in [0.1, 0.15) is 24.6 Å². The summed E-state index contributed by atoms with van der Waals surface area (Å²) in [4.78, 5) is 0. The molecule has 0 atom stereocenters. The highest BCUT2D eigenvalue weighted by atomic mass is 35.5. The first-order valence-electron chi connectivity index (χ1n) is 7.03. The maximum Gasteiger partial charge on any atom is 0.191 e. The molecule has 0 amide bonds. The molecule has 0 spiro atoms. The lowest BCUT2D eigenvalue weighted by Gasteiger charge is -2.01. The van der Waals surface area contributed by atoms with Crippen LogP contribution in [0.5, 0.6) is 0 Å². The first-order valence-corrected chi connectivity index (χ1v) is 8.40. The molecule has 7 heteroatoms. The minimum atomic E-state index is 0.580. The third kappa shape index (κ3) is 2.89. The number of aromatic nitrogens is 4. The summed E-state index contributed by atoms with van der Waals surface area (Å²) in [6.45, 7) is 0. The first kappa shape index (κ1) is 13.8. The van der Waals surface area contributed by atoms with Gasteiger partial charge in [-0.15, -0.1) is 10.2 Å². The van der Waals surface area contributed by atoms with E-state index in [4.69, 9.17) is 16.1 Å². The Balaban J connectivity index is 1.45. The van der Waals surface area contributed by atoms with Crippen LogP contribution in [-0.2, 0) is 5.75 Å². The van der Waals surface area contributed by atoms with Gasteiger partial charge < -0.3 is 9.09 Å². The number of halogens is 1. The Kier molecular flexibility index (Phi) is 3.63. The van der Waals surface area contributed by atoms with Crippen molar-refractivity contribution in [2.45, 2.75) is 29.8 Å². The third-order valence-electron chi connectivity index (χ3n) is 3.52. The Bertz CT molecular complexity index is 779. The van der Waals surface area contributed by atoms with Gasteiger partial charge in [-0.3, -0.25) is 0 Å². The molecule has 1 aliphatic carbocycles. The van der Waals surface area contributed by atoms with Crippen molar-refractivity contribution in [3.05, 3.63) is 47.4 Å². The summed E-state index contributed by atoms with van der Waals surface area (Å²) in [5.41, 5.74) is 1.81. The van der Waals surface area contributed by atoms with Crippen LogP contribution in [0.15, 0.2) is 46.3 Å². The number of hydrogen-bond acceptors (Lipinski definition) is 5. The summed E-state index contributed by atoms with van der Waals surface area (Å²) < 4.78 is 7.54. The normalized spacial score (nSPS) is 14.4. The van der Waals surface area contributed by atoms with Gasteiger partial charge in [-0.2, -0.15) is 0 Å². The largest absolute Gasteiger partial charge is 0.360 e. The van der Waals surface area contributed by atoms with Crippen LogP contribution in [0, 0.1) is 0 Å². The van der Waals surface area contributed by atoms with Crippen molar-refractivity contribution in [3.8, 4) is 11.3 Å². The molecule has 2 aromatic heterocycles. The van der Waals surface area contributed by atoms with E-state index in [1.165, 1.54) is 12.8 Å². The summed E-state index contributed by atoms with van der Waals surface area (Å²) >= 11 is 7.51. The number of hydrogen-bond donors (Lipinski definition) is 0. The van der Waals surface area contributed by atoms with Crippen molar-refractivity contribution in [3.63, 3.8) is 0 Å². The molecule has 1 fully saturated rings. The molecule has 112 valence electrons. The van der Waals surface area contributed by atoms with Gasteiger partial charge in [0, 0.05) is 22.7 Å². The highest BCUT2D eigenvalue weighted by Crippen LogP contribution is 2.37. The quantitative estimate of drug-likeness (QED) is 0.655. The van der Waals surface area contributed by atoms with Crippen molar-refractivity contribution >= 4 is 23.4 Å². The molecular formula is C15H13ClN4OS. The summed E-state index contributed by atoms with van der Waals surface area (Å²) in [6, 6.07) is 10.1. The molecule has 1 saturated carbocycles. The summed E-state index contributed by atoms with van der Waals surface area (Å²) in [7, 11) is 0. The summed E-state index contributed by atoms with van der Waals surface area (Å²) in [5.74, 6) is 1.51. The first-order chi connectivity index (χ1) is 10.8. The van der Waals surface area contributed by atoms with Crippen LogP contribution in [0.4, 0.5) is 0 Å². The van der Waals surface area contributed by atoms with Crippen LogP contribution in [0.25, 0.3) is 11.3 Å². The fourth-order valence-electron chi connectivity index (χ4n) is 2.21. The maximum absolute atomic E-state index is 5.89. The molecule has 0 saturated heterocycles. The molecule has 0 bridgehead atoms. The lowest BCUT2D eigenvalue weighted by Crippen LogP contribution is -1.94.